The summed E-state index contributed by atoms with van der Waals surface area (Å²) >= 11 is 0. The number of hydrogen-bond donors (Lipinski definition) is 2. The molecule has 3 rings (SSSR count). The number of hydrogen-bond acceptors (Lipinski definition) is 5. The van der Waals surface area contributed by atoms with Gasteiger partial charge in [0.25, 0.3) is 0 Å². The van der Waals surface area contributed by atoms with Gasteiger partial charge in [-0.3, -0.25) is 14.5 Å². The molecule has 1 saturated heterocycles. The summed E-state index contributed by atoms with van der Waals surface area (Å²) in [6.07, 6.45) is 6.12. The van der Waals surface area contributed by atoms with E-state index >= 15 is 0 Å². The van der Waals surface area contributed by atoms with Crippen molar-refractivity contribution < 1.29 is 14.3 Å². The molecule has 1 aliphatic carbocycles. The van der Waals surface area contributed by atoms with Gasteiger partial charge in [-0.15, -0.1) is 0 Å². The lowest BCUT2D eigenvalue weighted by molar-refractivity contribution is -0.142. The summed E-state index contributed by atoms with van der Waals surface area (Å²) < 4.78 is 5.36. The zero-order valence-electron chi connectivity index (χ0n) is 20.4. The van der Waals surface area contributed by atoms with Gasteiger partial charge in [0.1, 0.15) is 6.04 Å². The fourth-order valence-corrected chi connectivity index (χ4v) is 5.49. The van der Waals surface area contributed by atoms with Crippen molar-refractivity contribution in [3.63, 3.8) is 0 Å². The van der Waals surface area contributed by atoms with Crippen LogP contribution in [-0.2, 0) is 20.9 Å². The third kappa shape index (κ3) is 7.52. The highest BCUT2D eigenvalue weighted by Gasteiger charge is 2.37. The van der Waals surface area contributed by atoms with Crippen LogP contribution in [0.4, 0.5) is 0 Å². The standard InChI is InChI=1S/C26H42N4O3/c1-20(31)30-12-11-24(29(13-14-33-2)19-21-7-4-3-5-8-21)16-25(30)26(32)28-18-23-10-6-9-22(15-23)17-27/h3-5,7-8,22-25H,6,9-19,27H2,1-2H3,(H,28,32)/t22?,23?,24?,25-/m1/s1. The quantitative estimate of drug-likeness (QED) is 0.562. The molecule has 7 nitrogen and oxygen atoms in total. The third-order valence-corrected chi connectivity index (χ3v) is 7.40. The smallest absolute Gasteiger partial charge is 0.242 e. The Morgan fingerprint density at radius 1 is 1.15 bits per heavy atom. The number of piperidine rings is 1. The van der Waals surface area contributed by atoms with Gasteiger partial charge in [0.2, 0.25) is 11.8 Å². The second-order valence-electron chi connectivity index (χ2n) is 9.73. The van der Waals surface area contributed by atoms with Crippen molar-refractivity contribution in [2.24, 2.45) is 17.6 Å². The highest BCUT2D eigenvalue weighted by Crippen LogP contribution is 2.28. The number of likely N-dealkylation sites (tertiary alicyclic amines) is 1. The highest BCUT2D eigenvalue weighted by atomic mass is 16.5. The molecule has 1 aromatic carbocycles. The van der Waals surface area contributed by atoms with Crippen LogP contribution in [0.1, 0.15) is 51.0 Å². The van der Waals surface area contributed by atoms with Gasteiger partial charge in [0, 0.05) is 46.3 Å². The number of ether oxygens (including phenoxy) is 1. The molecule has 1 aromatic rings. The number of carbonyl (C=O) groups is 2. The molecule has 0 radical (unpaired) electrons. The predicted octanol–water partition coefficient (Wildman–Crippen LogP) is 2.40. The van der Waals surface area contributed by atoms with E-state index in [2.05, 4.69) is 34.5 Å². The van der Waals surface area contributed by atoms with Crippen molar-refractivity contribution in [2.45, 2.75) is 64.1 Å². The summed E-state index contributed by atoms with van der Waals surface area (Å²) in [5.41, 5.74) is 7.12. The second kappa shape index (κ2) is 13.1. The number of methoxy groups -OCH3 is 1. The Balaban J connectivity index is 1.64. The van der Waals surface area contributed by atoms with Gasteiger partial charge >= 0.3 is 0 Å². The molecule has 0 bridgehead atoms. The SMILES string of the molecule is COCCN(Cc1ccccc1)C1CCN(C(C)=O)[C@@H](C(=O)NCC2CCCC(CN)C2)C1. The number of carbonyl (C=O) groups excluding carboxylic acids is 2. The average Bonchev–Trinajstić information content (AvgIpc) is 2.85. The maximum absolute atomic E-state index is 13.3. The topological polar surface area (TPSA) is 87.9 Å². The summed E-state index contributed by atoms with van der Waals surface area (Å²) in [7, 11) is 1.72. The van der Waals surface area contributed by atoms with Crippen LogP contribution in [0.15, 0.2) is 30.3 Å². The molecule has 1 heterocycles. The van der Waals surface area contributed by atoms with Gasteiger partial charge in [0.15, 0.2) is 0 Å². The molecule has 33 heavy (non-hydrogen) atoms. The maximum atomic E-state index is 13.3. The van der Waals surface area contributed by atoms with Crippen molar-refractivity contribution in [1.82, 2.24) is 15.1 Å². The van der Waals surface area contributed by atoms with Crippen LogP contribution in [0.2, 0.25) is 0 Å². The van der Waals surface area contributed by atoms with E-state index in [9.17, 15) is 9.59 Å². The van der Waals surface area contributed by atoms with Crippen LogP contribution in [0.3, 0.4) is 0 Å². The third-order valence-electron chi connectivity index (χ3n) is 7.40. The van der Waals surface area contributed by atoms with Crippen molar-refractivity contribution in [2.75, 3.05) is 39.9 Å². The second-order valence-corrected chi connectivity index (χ2v) is 9.73. The summed E-state index contributed by atoms with van der Waals surface area (Å²) in [6.45, 7) is 5.83. The van der Waals surface area contributed by atoms with E-state index in [1.54, 1.807) is 18.9 Å². The first-order valence-corrected chi connectivity index (χ1v) is 12.5. The largest absolute Gasteiger partial charge is 0.383 e. The molecule has 2 fully saturated rings. The Labute approximate surface area is 199 Å². The summed E-state index contributed by atoms with van der Waals surface area (Å²) in [6, 6.07) is 10.2. The van der Waals surface area contributed by atoms with Gasteiger partial charge < -0.3 is 20.7 Å². The van der Waals surface area contributed by atoms with E-state index in [4.69, 9.17) is 10.5 Å². The minimum atomic E-state index is -0.420. The molecule has 3 N–H and O–H groups in total. The molecule has 1 aliphatic heterocycles. The molecule has 184 valence electrons. The van der Waals surface area contributed by atoms with E-state index in [1.165, 1.54) is 18.4 Å². The number of nitrogens with two attached hydrogens (primary N) is 1. The van der Waals surface area contributed by atoms with E-state index in [0.717, 1.165) is 38.9 Å². The van der Waals surface area contributed by atoms with Crippen molar-refractivity contribution in [3.8, 4) is 0 Å². The lowest BCUT2D eigenvalue weighted by atomic mass is 9.81. The minimum Gasteiger partial charge on any atom is -0.383 e. The van der Waals surface area contributed by atoms with Gasteiger partial charge in [0.05, 0.1) is 6.61 Å². The van der Waals surface area contributed by atoms with Crippen LogP contribution in [0.25, 0.3) is 0 Å². The maximum Gasteiger partial charge on any atom is 0.242 e. The molecule has 2 aliphatic rings. The Morgan fingerprint density at radius 2 is 1.91 bits per heavy atom. The Hall–Kier alpha value is -1.96. The monoisotopic (exact) mass is 458 g/mol. The Kier molecular flexibility index (Phi) is 10.2. The fraction of sp³-hybridized carbons (Fsp3) is 0.692. The molecule has 3 unspecified atom stereocenters. The first kappa shape index (κ1) is 25.7. The lowest BCUT2D eigenvalue weighted by Crippen LogP contribution is -2.57. The summed E-state index contributed by atoms with van der Waals surface area (Å²) in [5.74, 6) is 1.01. The molecular weight excluding hydrogens is 416 g/mol. The minimum absolute atomic E-state index is 0.0174. The number of nitrogens with zero attached hydrogens (tertiary/aromatic N) is 2. The zero-order valence-corrected chi connectivity index (χ0v) is 20.4. The van der Waals surface area contributed by atoms with E-state index in [1.807, 2.05) is 6.07 Å². The van der Waals surface area contributed by atoms with Crippen molar-refractivity contribution in [3.05, 3.63) is 35.9 Å². The molecular formula is C26H42N4O3. The number of rotatable bonds is 10. The number of nitrogens with one attached hydrogen (secondary N) is 1. The van der Waals surface area contributed by atoms with Crippen LogP contribution >= 0.6 is 0 Å². The lowest BCUT2D eigenvalue weighted by Gasteiger charge is -2.42. The fourth-order valence-electron chi connectivity index (χ4n) is 5.49. The van der Waals surface area contributed by atoms with Crippen LogP contribution in [0.5, 0.6) is 0 Å². The molecule has 0 aromatic heterocycles. The van der Waals surface area contributed by atoms with E-state index in [0.29, 0.717) is 38.0 Å². The molecule has 1 saturated carbocycles. The van der Waals surface area contributed by atoms with Crippen LogP contribution < -0.4 is 11.1 Å². The van der Waals surface area contributed by atoms with E-state index < -0.39 is 6.04 Å². The Morgan fingerprint density at radius 3 is 2.61 bits per heavy atom. The first-order chi connectivity index (χ1) is 16.0. The van der Waals surface area contributed by atoms with Gasteiger partial charge in [-0.2, -0.15) is 0 Å². The zero-order chi connectivity index (χ0) is 23.6. The Bertz CT molecular complexity index is 744. The van der Waals surface area contributed by atoms with Gasteiger partial charge in [-0.25, -0.2) is 0 Å². The molecule has 2 amide bonds. The summed E-state index contributed by atoms with van der Waals surface area (Å²) in [4.78, 5) is 29.8. The highest BCUT2D eigenvalue weighted by molar-refractivity contribution is 5.87. The van der Waals surface area contributed by atoms with Crippen molar-refractivity contribution >= 4 is 11.8 Å². The average molecular weight is 459 g/mol. The summed E-state index contributed by atoms with van der Waals surface area (Å²) in [5, 5.41) is 3.19. The van der Waals surface area contributed by atoms with E-state index in [-0.39, 0.29) is 17.9 Å². The number of amides is 2. The predicted molar refractivity (Wildman–Crippen MR) is 130 cm³/mol. The van der Waals surface area contributed by atoms with Crippen LogP contribution in [0, 0.1) is 11.8 Å². The first-order valence-electron chi connectivity index (χ1n) is 12.5. The molecule has 7 heteroatoms. The number of benzene rings is 1. The van der Waals surface area contributed by atoms with Gasteiger partial charge in [-0.1, -0.05) is 36.8 Å². The normalized spacial score (nSPS) is 25.8. The molecule has 4 atom stereocenters. The molecule has 0 spiro atoms. The van der Waals surface area contributed by atoms with Crippen LogP contribution in [-0.4, -0.2) is 73.6 Å². The van der Waals surface area contributed by atoms with Crippen molar-refractivity contribution in [1.29, 1.82) is 0 Å². The van der Waals surface area contributed by atoms with Gasteiger partial charge in [-0.05, 0) is 56.0 Å².